The van der Waals surface area contributed by atoms with Crippen molar-refractivity contribution in [1.29, 1.82) is 0 Å². The van der Waals surface area contributed by atoms with E-state index in [4.69, 9.17) is 11.6 Å². The van der Waals surface area contributed by atoms with Crippen LogP contribution >= 0.6 is 23.8 Å². The zero-order chi connectivity index (χ0) is 7.98. The van der Waals surface area contributed by atoms with Crippen molar-refractivity contribution in [1.82, 2.24) is 0 Å². The summed E-state index contributed by atoms with van der Waals surface area (Å²) in [6, 6.07) is 0. The van der Waals surface area contributed by atoms with Crippen molar-refractivity contribution in [3.63, 3.8) is 0 Å². The molecule has 0 heterocycles. The van der Waals surface area contributed by atoms with E-state index in [9.17, 15) is 4.79 Å². The highest BCUT2D eigenvalue weighted by atomic mass is 35.5. The number of thiocarbonyl (C=S) groups is 1. The summed E-state index contributed by atoms with van der Waals surface area (Å²) >= 11 is 10.0. The molecule has 0 rings (SSSR count). The Hall–Kier alpha value is 0.0500. The van der Waals surface area contributed by atoms with Gasteiger partial charge in [-0.15, -0.1) is 0 Å². The van der Waals surface area contributed by atoms with Crippen molar-refractivity contribution in [2.24, 2.45) is 0 Å². The summed E-state index contributed by atoms with van der Waals surface area (Å²) in [5, 5.41) is 0. The van der Waals surface area contributed by atoms with Crippen molar-refractivity contribution in [2.75, 3.05) is 0 Å². The second kappa shape index (κ2) is 5.81. The molecule has 0 aliphatic carbocycles. The van der Waals surface area contributed by atoms with E-state index in [2.05, 4.69) is 12.2 Å². The summed E-state index contributed by atoms with van der Waals surface area (Å²) in [4.78, 5) is 10.8. The van der Waals surface area contributed by atoms with Crippen LogP contribution in [0.25, 0.3) is 0 Å². The molecule has 0 amide bonds. The number of rotatable bonds is 5. The van der Waals surface area contributed by atoms with Gasteiger partial charge in [-0.3, -0.25) is 4.79 Å². The van der Waals surface area contributed by atoms with Gasteiger partial charge in [0.2, 0.25) is 0 Å². The molecule has 0 saturated heterocycles. The fourth-order valence-electron chi connectivity index (χ4n) is 0.642. The number of halogens is 1. The average molecular weight is 179 g/mol. The lowest BCUT2D eigenvalue weighted by atomic mass is 10.1. The van der Waals surface area contributed by atoms with E-state index < -0.39 is 0 Å². The Labute approximate surface area is 71.8 Å². The molecule has 0 N–H and O–H groups in total. The second-order valence-corrected chi connectivity index (χ2v) is 3.32. The van der Waals surface area contributed by atoms with Gasteiger partial charge in [0.1, 0.15) is 5.78 Å². The number of Topliss-reactive ketones (excluding diaryl/α,β-unsaturated/α-hetero) is 1. The molecule has 0 aromatic rings. The van der Waals surface area contributed by atoms with Crippen LogP contribution in [0.5, 0.6) is 0 Å². The minimum Gasteiger partial charge on any atom is -0.300 e. The van der Waals surface area contributed by atoms with Crippen molar-refractivity contribution in [2.45, 2.75) is 32.6 Å². The van der Waals surface area contributed by atoms with Gasteiger partial charge in [-0.2, -0.15) is 0 Å². The van der Waals surface area contributed by atoms with Crippen LogP contribution in [0.3, 0.4) is 0 Å². The molecule has 0 saturated carbocycles. The van der Waals surface area contributed by atoms with Crippen LogP contribution < -0.4 is 0 Å². The van der Waals surface area contributed by atoms with Crippen molar-refractivity contribution in [3.05, 3.63) is 0 Å². The number of hydrogen-bond donors (Lipinski definition) is 0. The molecule has 0 fully saturated rings. The normalized spacial score (nSPS) is 9.40. The van der Waals surface area contributed by atoms with E-state index in [1.54, 1.807) is 0 Å². The quantitative estimate of drug-likeness (QED) is 0.476. The molecule has 0 aliphatic heterocycles. The van der Waals surface area contributed by atoms with Crippen LogP contribution in [0, 0.1) is 0 Å². The van der Waals surface area contributed by atoms with Gasteiger partial charge < -0.3 is 0 Å². The summed E-state index contributed by atoms with van der Waals surface area (Å²) in [7, 11) is 0. The maximum Gasteiger partial charge on any atom is 0.133 e. The number of ketones is 1. The molecule has 0 spiro atoms. The van der Waals surface area contributed by atoms with Gasteiger partial charge in [-0.1, -0.05) is 30.7 Å². The van der Waals surface area contributed by atoms with Gasteiger partial charge in [0.25, 0.3) is 0 Å². The lowest BCUT2D eigenvalue weighted by Crippen LogP contribution is -1.97. The van der Waals surface area contributed by atoms with Gasteiger partial charge in [0, 0.05) is 19.3 Å². The van der Waals surface area contributed by atoms with E-state index >= 15 is 0 Å². The standard InChI is InChI=1S/C7H11ClOS/c1-2-3-6(9)4-5-7(8)10/h2-5H2,1H3. The van der Waals surface area contributed by atoms with Crippen LogP contribution in [0.2, 0.25) is 0 Å². The zero-order valence-corrected chi connectivity index (χ0v) is 7.60. The first-order valence-electron chi connectivity index (χ1n) is 3.36. The van der Waals surface area contributed by atoms with Gasteiger partial charge in [-0.05, 0) is 6.42 Å². The predicted octanol–water partition coefficient (Wildman–Crippen LogP) is 2.70. The Balaban J connectivity index is 3.30. The first kappa shape index (κ1) is 10.0. The van der Waals surface area contributed by atoms with Crippen molar-refractivity contribution >= 4 is 33.9 Å². The Kier molecular flexibility index (Phi) is 5.84. The summed E-state index contributed by atoms with van der Waals surface area (Å²) in [6.45, 7) is 1.98. The smallest absolute Gasteiger partial charge is 0.133 e. The molecule has 0 atom stereocenters. The highest BCUT2D eigenvalue weighted by Gasteiger charge is 2.00. The van der Waals surface area contributed by atoms with Crippen LogP contribution in [-0.4, -0.2) is 10.1 Å². The molecule has 1 nitrogen and oxygen atoms in total. The first-order valence-corrected chi connectivity index (χ1v) is 4.15. The zero-order valence-electron chi connectivity index (χ0n) is 6.02. The molecule has 0 radical (unpaired) electrons. The summed E-state index contributed by atoms with van der Waals surface area (Å²) in [6.07, 6.45) is 2.62. The molecular weight excluding hydrogens is 168 g/mol. The van der Waals surface area contributed by atoms with Gasteiger partial charge >= 0.3 is 0 Å². The van der Waals surface area contributed by atoms with Crippen molar-refractivity contribution < 1.29 is 4.79 Å². The average Bonchev–Trinajstić information content (AvgIpc) is 1.85. The number of hydrogen-bond acceptors (Lipinski definition) is 2. The first-order chi connectivity index (χ1) is 4.66. The monoisotopic (exact) mass is 178 g/mol. The Morgan fingerprint density at radius 3 is 2.40 bits per heavy atom. The van der Waals surface area contributed by atoms with E-state index in [0.717, 1.165) is 6.42 Å². The second-order valence-electron chi connectivity index (χ2n) is 2.14. The van der Waals surface area contributed by atoms with Gasteiger partial charge in [0.15, 0.2) is 0 Å². The van der Waals surface area contributed by atoms with Crippen LogP contribution in [0.1, 0.15) is 32.6 Å². The van der Waals surface area contributed by atoms with Crippen LogP contribution in [0.15, 0.2) is 0 Å². The van der Waals surface area contributed by atoms with Crippen LogP contribution in [0.4, 0.5) is 0 Å². The van der Waals surface area contributed by atoms with E-state index in [-0.39, 0.29) is 5.78 Å². The maximum atomic E-state index is 10.8. The Morgan fingerprint density at radius 2 is 2.00 bits per heavy atom. The Bertz CT molecular complexity index is 134. The summed E-state index contributed by atoms with van der Waals surface area (Å²) < 4.78 is 0.407. The predicted molar refractivity (Wildman–Crippen MR) is 47.6 cm³/mol. The minimum absolute atomic E-state index is 0.255. The lowest BCUT2D eigenvalue weighted by Gasteiger charge is -1.94. The highest BCUT2D eigenvalue weighted by molar-refractivity contribution is 7.83. The van der Waals surface area contributed by atoms with Crippen LogP contribution in [-0.2, 0) is 4.79 Å². The minimum atomic E-state index is 0.255. The molecule has 0 unspecified atom stereocenters. The van der Waals surface area contributed by atoms with E-state index in [1.807, 2.05) is 6.92 Å². The molecule has 0 aromatic heterocycles. The fourth-order valence-corrected chi connectivity index (χ4v) is 0.838. The fraction of sp³-hybridized carbons (Fsp3) is 0.714. The van der Waals surface area contributed by atoms with Crippen molar-refractivity contribution in [3.8, 4) is 0 Å². The topological polar surface area (TPSA) is 17.1 Å². The third kappa shape index (κ3) is 6.17. The summed E-state index contributed by atoms with van der Waals surface area (Å²) in [5.74, 6) is 0.255. The molecule has 3 heteroatoms. The third-order valence-corrected chi connectivity index (χ3v) is 1.52. The number of carbonyl (C=O) groups is 1. The third-order valence-electron chi connectivity index (χ3n) is 1.13. The molecule has 0 aromatic carbocycles. The molecule has 0 aliphatic rings. The van der Waals surface area contributed by atoms with Gasteiger partial charge in [0.05, 0.1) is 4.32 Å². The highest BCUT2D eigenvalue weighted by Crippen LogP contribution is 2.01. The SMILES string of the molecule is CCCC(=O)CCC(=S)Cl. The molecule has 0 bridgehead atoms. The lowest BCUT2D eigenvalue weighted by molar-refractivity contribution is -0.118. The largest absolute Gasteiger partial charge is 0.300 e. The van der Waals surface area contributed by atoms with E-state index in [1.165, 1.54) is 0 Å². The summed E-state index contributed by atoms with van der Waals surface area (Å²) in [5.41, 5.74) is 0. The number of carbonyl (C=O) groups excluding carboxylic acids is 1. The molecule has 10 heavy (non-hydrogen) atoms. The molecule has 58 valence electrons. The molecular formula is C7H11ClOS. The maximum absolute atomic E-state index is 10.8. The van der Waals surface area contributed by atoms with Gasteiger partial charge in [-0.25, -0.2) is 0 Å². The Morgan fingerprint density at radius 1 is 1.40 bits per heavy atom. The van der Waals surface area contributed by atoms with E-state index in [0.29, 0.717) is 23.6 Å².